The van der Waals surface area contributed by atoms with E-state index in [0.29, 0.717) is 18.2 Å². The summed E-state index contributed by atoms with van der Waals surface area (Å²) < 4.78 is 8.49. The summed E-state index contributed by atoms with van der Waals surface area (Å²) in [5.41, 5.74) is 1.06. The molecular weight excluding hydrogens is 386 g/mol. The standard InChI is InChI=1S/C21H25N5O2S/c1-4-19(27)26-9-6-7-15(13-26)28-20-16-8-10-25(5-2)17(16)11-18(23-20)24-21-22-12-14(3)29-21/h4,8,10-12,15H,1,5-7,9,13H2,2-3H3,(H,22,23,24). The number of hydrogen-bond donors (Lipinski definition) is 1. The first-order valence-corrected chi connectivity index (χ1v) is 10.7. The number of fused-ring (bicyclic) bond motifs is 1. The van der Waals surface area contributed by atoms with Crippen LogP contribution in [0.4, 0.5) is 10.9 Å². The Labute approximate surface area is 174 Å². The van der Waals surface area contributed by atoms with Crippen molar-refractivity contribution in [1.82, 2.24) is 19.4 Å². The fraction of sp³-hybridized carbons (Fsp3) is 0.381. The van der Waals surface area contributed by atoms with E-state index in [9.17, 15) is 4.79 Å². The zero-order valence-electron chi connectivity index (χ0n) is 16.7. The van der Waals surface area contributed by atoms with E-state index in [-0.39, 0.29) is 12.0 Å². The number of amides is 1. The Morgan fingerprint density at radius 3 is 3.10 bits per heavy atom. The maximum atomic E-state index is 12.0. The smallest absolute Gasteiger partial charge is 0.246 e. The van der Waals surface area contributed by atoms with Gasteiger partial charge >= 0.3 is 0 Å². The molecule has 3 aromatic rings. The molecule has 7 nitrogen and oxygen atoms in total. The highest BCUT2D eigenvalue weighted by atomic mass is 32.1. The van der Waals surface area contributed by atoms with E-state index in [4.69, 9.17) is 9.72 Å². The summed E-state index contributed by atoms with van der Waals surface area (Å²) in [4.78, 5) is 24.0. The van der Waals surface area contributed by atoms with Crippen LogP contribution in [0.15, 0.2) is 37.2 Å². The van der Waals surface area contributed by atoms with Gasteiger partial charge in [-0.2, -0.15) is 4.98 Å². The fourth-order valence-electron chi connectivity index (χ4n) is 3.63. The van der Waals surface area contributed by atoms with Gasteiger partial charge in [-0.25, -0.2) is 4.98 Å². The van der Waals surface area contributed by atoms with Gasteiger partial charge in [0, 0.05) is 36.4 Å². The molecule has 4 heterocycles. The van der Waals surface area contributed by atoms with Crippen LogP contribution in [0.1, 0.15) is 24.6 Å². The third-order valence-corrected chi connectivity index (χ3v) is 5.90. The first-order valence-electron chi connectivity index (χ1n) is 9.84. The van der Waals surface area contributed by atoms with Crippen molar-refractivity contribution in [3.8, 4) is 5.88 Å². The first kappa shape index (κ1) is 19.4. The quantitative estimate of drug-likeness (QED) is 0.618. The highest BCUT2D eigenvalue weighted by Gasteiger charge is 2.25. The van der Waals surface area contributed by atoms with Gasteiger partial charge in [-0.3, -0.25) is 4.79 Å². The Morgan fingerprint density at radius 2 is 2.38 bits per heavy atom. The van der Waals surface area contributed by atoms with Crippen molar-refractivity contribution in [1.29, 1.82) is 0 Å². The summed E-state index contributed by atoms with van der Waals surface area (Å²) in [6.45, 7) is 9.87. The Kier molecular flexibility index (Phi) is 5.53. The SMILES string of the molecule is C=CC(=O)N1CCCC(Oc2nc(Nc3ncc(C)s3)cc3c2ccn3CC)C1. The number of nitrogens with one attached hydrogen (secondary N) is 1. The molecule has 1 N–H and O–H groups in total. The second kappa shape index (κ2) is 8.24. The van der Waals surface area contributed by atoms with E-state index < -0.39 is 0 Å². The molecule has 1 saturated heterocycles. The molecule has 152 valence electrons. The molecule has 0 radical (unpaired) electrons. The molecule has 0 saturated carbocycles. The summed E-state index contributed by atoms with van der Waals surface area (Å²) in [5, 5.41) is 5.07. The van der Waals surface area contributed by atoms with E-state index in [0.717, 1.165) is 46.8 Å². The third kappa shape index (κ3) is 4.12. The predicted molar refractivity (Wildman–Crippen MR) is 116 cm³/mol. The van der Waals surface area contributed by atoms with Gasteiger partial charge < -0.3 is 19.5 Å². The lowest BCUT2D eigenvalue weighted by molar-refractivity contribution is -0.128. The molecule has 8 heteroatoms. The van der Waals surface area contributed by atoms with Gasteiger partial charge in [0.2, 0.25) is 11.8 Å². The lowest BCUT2D eigenvalue weighted by Gasteiger charge is -2.32. The minimum Gasteiger partial charge on any atom is -0.472 e. The number of aryl methyl sites for hydroxylation is 2. The molecule has 3 aromatic heterocycles. The molecule has 1 amide bonds. The molecule has 0 spiro atoms. The number of hydrogen-bond acceptors (Lipinski definition) is 6. The number of ether oxygens (including phenoxy) is 1. The van der Waals surface area contributed by atoms with Gasteiger partial charge in [0.1, 0.15) is 11.9 Å². The molecule has 1 fully saturated rings. The van der Waals surface area contributed by atoms with Crippen molar-refractivity contribution in [2.45, 2.75) is 39.3 Å². The molecule has 29 heavy (non-hydrogen) atoms. The number of carbonyl (C=O) groups excluding carboxylic acids is 1. The predicted octanol–water partition coefficient (Wildman–Crippen LogP) is 4.12. The van der Waals surface area contributed by atoms with Gasteiger partial charge in [-0.1, -0.05) is 6.58 Å². The summed E-state index contributed by atoms with van der Waals surface area (Å²) >= 11 is 1.58. The summed E-state index contributed by atoms with van der Waals surface area (Å²) in [6, 6.07) is 4.06. The average Bonchev–Trinajstić information content (AvgIpc) is 3.33. The number of rotatable bonds is 6. The highest BCUT2D eigenvalue weighted by Crippen LogP contribution is 2.31. The lowest BCUT2D eigenvalue weighted by Crippen LogP contribution is -2.43. The molecule has 0 aromatic carbocycles. The zero-order valence-corrected chi connectivity index (χ0v) is 17.5. The maximum absolute atomic E-state index is 12.0. The van der Waals surface area contributed by atoms with Crippen molar-refractivity contribution in [2.75, 3.05) is 18.4 Å². The van der Waals surface area contributed by atoms with Crippen LogP contribution in [0, 0.1) is 6.92 Å². The Bertz CT molecular complexity index is 1040. The number of aromatic nitrogens is 3. The third-order valence-electron chi connectivity index (χ3n) is 5.07. The van der Waals surface area contributed by atoms with Crippen molar-refractivity contribution >= 4 is 39.1 Å². The second-order valence-electron chi connectivity index (χ2n) is 7.12. The van der Waals surface area contributed by atoms with Crippen molar-refractivity contribution in [2.24, 2.45) is 0 Å². The number of likely N-dealkylation sites (tertiary alicyclic amines) is 1. The number of anilines is 2. The second-order valence-corrected chi connectivity index (χ2v) is 8.35. The molecule has 0 aliphatic carbocycles. The van der Waals surface area contributed by atoms with Crippen molar-refractivity contribution < 1.29 is 9.53 Å². The normalized spacial score (nSPS) is 16.8. The minimum atomic E-state index is -0.0920. The monoisotopic (exact) mass is 411 g/mol. The zero-order chi connectivity index (χ0) is 20.4. The fourth-order valence-corrected chi connectivity index (χ4v) is 4.30. The topological polar surface area (TPSA) is 72.3 Å². The van der Waals surface area contributed by atoms with E-state index in [1.165, 1.54) is 6.08 Å². The van der Waals surface area contributed by atoms with Gasteiger partial charge in [-0.15, -0.1) is 11.3 Å². The molecule has 4 rings (SSSR count). The van der Waals surface area contributed by atoms with Crippen LogP contribution >= 0.6 is 11.3 Å². The molecular formula is C21H25N5O2S. The lowest BCUT2D eigenvalue weighted by atomic mass is 10.1. The number of pyridine rings is 1. The molecule has 1 unspecified atom stereocenters. The van der Waals surface area contributed by atoms with Crippen LogP contribution in [-0.2, 0) is 11.3 Å². The number of piperidine rings is 1. The van der Waals surface area contributed by atoms with E-state index in [2.05, 4.69) is 28.4 Å². The van der Waals surface area contributed by atoms with E-state index >= 15 is 0 Å². The molecule has 1 aliphatic heterocycles. The Balaban J connectivity index is 1.64. The Morgan fingerprint density at radius 1 is 1.52 bits per heavy atom. The van der Waals surface area contributed by atoms with E-state index in [1.54, 1.807) is 16.2 Å². The summed E-state index contributed by atoms with van der Waals surface area (Å²) in [7, 11) is 0. The minimum absolute atomic E-state index is 0.0527. The summed E-state index contributed by atoms with van der Waals surface area (Å²) in [5.74, 6) is 1.23. The molecule has 1 aliphatic rings. The van der Waals surface area contributed by atoms with Crippen LogP contribution in [0.25, 0.3) is 10.9 Å². The Hall–Kier alpha value is -2.87. The van der Waals surface area contributed by atoms with Crippen LogP contribution in [0.5, 0.6) is 5.88 Å². The number of carbonyl (C=O) groups is 1. The van der Waals surface area contributed by atoms with Crippen LogP contribution in [0.2, 0.25) is 0 Å². The average molecular weight is 412 g/mol. The van der Waals surface area contributed by atoms with Gasteiger partial charge in [0.15, 0.2) is 5.13 Å². The van der Waals surface area contributed by atoms with E-state index in [1.807, 2.05) is 31.5 Å². The summed E-state index contributed by atoms with van der Waals surface area (Å²) in [6.07, 6.45) is 6.95. The van der Waals surface area contributed by atoms with Crippen LogP contribution < -0.4 is 10.1 Å². The largest absolute Gasteiger partial charge is 0.472 e. The van der Waals surface area contributed by atoms with Crippen LogP contribution in [0.3, 0.4) is 0 Å². The van der Waals surface area contributed by atoms with Crippen LogP contribution in [-0.4, -0.2) is 44.5 Å². The van der Waals surface area contributed by atoms with Crippen molar-refractivity contribution in [3.05, 3.63) is 42.1 Å². The number of nitrogens with zero attached hydrogens (tertiary/aromatic N) is 4. The van der Waals surface area contributed by atoms with Crippen molar-refractivity contribution in [3.63, 3.8) is 0 Å². The first-order chi connectivity index (χ1) is 14.1. The van der Waals surface area contributed by atoms with Gasteiger partial charge in [0.05, 0.1) is 17.4 Å². The molecule has 0 bridgehead atoms. The molecule has 1 atom stereocenters. The highest BCUT2D eigenvalue weighted by molar-refractivity contribution is 7.15. The van der Waals surface area contributed by atoms with Gasteiger partial charge in [-0.05, 0) is 38.8 Å². The van der Waals surface area contributed by atoms with Gasteiger partial charge in [0.25, 0.3) is 0 Å². The number of thiazole rings is 1. The maximum Gasteiger partial charge on any atom is 0.246 e.